The number of ether oxygens (including phenoxy) is 8. The van der Waals surface area contributed by atoms with Crippen molar-refractivity contribution in [2.24, 2.45) is 0 Å². The normalized spacial score (nSPS) is 33.1. The van der Waals surface area contributed by atoms with E-state index in [4.69, 9.17) is 37.9 Å². The van der Waals surface area contributed by atoms with E-state index in [2.05, 4.69) is 24.5 Å². The van der Waals surface area contributed by atoms with Crippen LogP contribution in [0.2, 0.25) is 0 Å². The lowest BCUT2D eigenvalue weighted by molar-refractivity contribution is -0.373. The molecule has 2 amide bonds. The maximum absolute atomic E-state index is 13.7. The Labute approximate surface area is 552 Å². The molecule has 0 aliphatic carbocycles. The molecule has 0 aromatic rings. The standard InChI is InChI=1S/C67H126N2O24/c1-5-7-9-11-13-15-17-18-19-20-21-22-23-24-25-27-29-31-33-35-37-46(74)63(85)69-44(52(76)45(73)36-34-32-30-28-26-16-14-12-10-8-6-2)40-86-67-62(58(82)53(77)47(38-70)90-67)93-66-60(84)57(81)54(78)49(91-66)41-87-64-50(68-43(4)72)61(55(79)48(39-71)89-64)92-65-59(83)56(80)51(75)42(3)88-65/h42,44-62,64-67,70-71,73-84H,5-41H2,1-4H3,(H,68,72)(H,69,85). The van der Waals surface area contributed by atoms with Gasteiger partial charge in [0.25, 0.3) is 0 Å². The van der Waals surface area contributed by atoms with Gasteiger partial charge in [-0.05, 0) is 19.8 Å². The van der Waals surface area contributed by atoms with E-state index in [1.807, 2.05) is 0 Å². The molecule has 4 saturated heterocycles. The maximum Gasteiger partial charge on any atom is 0.249 e. The largest absolute Gasteiger partial charge is 0.394 e. The second-order valence-electron chi connectivity index (χ2n) is 26.7. The minimum absolute atomic E-state index is 0.124. The zero-order chi connectivity index (χ0) is 68.2. The molecule has 4 fully saturated rings. The molecular weight excluding hydrogens is 1220 g/mol. The molecule has 93 heavy (non-hydrogen) atoms. The average Bonchev–Trinajstić information content (AvgIpc) is 0.793. The molecule has 4 aliphatic heterocycles. The van der Waals surface area contributed by atoms with Crippen molar-refractivity contribution in [1.82, 2.24) is 10.6 Å². The summed E-state index contributed by atoms with van der Waals surface area (Å²) in [5, 5.41) is 159. The van der Waals surface area contributed by atoms with Crippen LogP contribution in [0.25, 0.3) is 0 Å². The summed E-state index contributed by atoms with van der Waals surface area (Å²) >= 11 is 0. The number of aliphatic hydroxyl groups excluding tert-OH is 14. The van der Waals surface area contributed by atoms with Crippen LogP contribution in [-0.2, 0) is 47.5 Å². The maximum atomic E-state index is 13.7. The Kier molecular flexibility index (Phi) is 42.3. The summed E-state index contributed by atoms with van der Waals surface area (Å²) in [5.74, 6) is -1.55. The number of carbonyl (C=O) groups excluding carboxylic acids is 2. The number of nitrogens with one attached hydrogen (secondary N) is 2. The second kappa shape index (κ2) is 47.2. The molecule has 0 saturated carbocycles. The molecule has 4 aliphatic rings. The molecule has 26 heteroatoms. The van der Waals surface area contributed by atoms with Crippen LogP contribution in [-0.4, -0.2) is 257 Å². The number of amides is 2. The van der Waals surface area contributed by atoms with Crippen LogP contribution in [0, 0.1) is 0 Å². The fourth-order valence-electron chi connectivity index (χ4n) is 12.8. The summed E-state index contributed by atoms with van der Waals surface area (Å²) in [5.41, 5.74) is 0. The van der Waals surface area contributed by atoms with Crippen molar-refractivity contribution >= 4 is 11.8 Å². The number of carbonyl (C=O) groups is 2. The first-order valence-corrected chi connectivity index (χ1v) is 35.8. The van der Waals surface area contributed by atoms with Gasteiger partial charge in [0.05, 0.1) is 44.7 Å². The lowest BCUT2D eigenvalue weighted by Gasteiger charge is -2.48. The third-order valence-corrected chi connectivity index (χ3v) is 18.8. The molecule has 24 atom stereocenters. The van der Waals surface area contributed by atoms with Gasteiger partial charge in [0, 0.05) is 6.92 Å². The van der Waals surface area contributed by atoms with E-state index in [0.29, 0.717) is 12.8 Å². The Morgan fingerprint density at radius 3 is 1.30 bits per heavy atom. The van der Waals surface area contributed by atoms with Crippen molar-refractivity contribution in [3.05, 3.63) is 0 Å². The third kappa shape index (κ3) is 29.0. The van der Waals surface area contributed by atoms with Gasteiger partial charge < -0.3 is 120 Å². The quantitative estimate of drug-likeness (QED) is 0.0389. The number of unbranched alkanes of at least 4 members (excludes halogenated alkanes) is 29. The number of aliphatic hydroxyl groups is 14. The van der Waals surface area contributed by atoms with E-state index in [9.17, 15) is 81.1 Å². The zero-order valence-electron chi connectivity index (χ0n) is 56.4. The molecule has 548 valence electrons. The lowest BCUT2D eigenvalue weighted by Crippen LogP contribution is -2.68. The molecular formula is C67H126N2O24. The SMILES string of the molecule is CCCCCCCCCCCCCCCCCCCCCCC(O)C(=O)NC(COC1OC(CO)C(O)C(O)C1OC1OC(COC2OC(CO)C(O)C(OC3OC(C)C(O)C(O)C3O)C2NC(C)=O)C(O)C(O)C1O)C(O)C(O)CCCCCCCCCCCCC. The number of hydrogen-bond acceptors (Lipinski definition) is 24. The van der Waals surface area contributed by atoms with Crippen LogP contribution < -0.4 is 10.6 Å². The highest BCUT2D eigenvalue weighted by Crippen LogP contribution is 2.34. The van der Waals surface area contributed by atoms with E-state index in [1.165, 1.54) is 135 Å². The van der Waals surface area contributed by atoms with E-state index >= 15 is 0 Å². The van der Waals surface area contributed by atoms with Gasteiger partial charge in [-0.15, -0.1) is 0 Å². The summed E-state index contributed by atoms with van der Waals surface area (Å²) in [6.07, 6.45) is -1.81. The van der Waals surface area contributed by atoms with Gasteiger partial charge in [-0.2, -0.15) is 0 Å². The van der Waals surface area contributed by atoms with Gasteiger partial charge >= 0.3 is 0 Å². The zero-order valence-corrected chi connectivity index (χ0v) is 56.4. The minimum Gasteiger partial charge on any atom is -0.394 e. The highest BCUT2D eigenvalue weighted by Gasteiger charge is 2.54. The van der Waals surface area contributed by atoms with E-state index in [1.54, 1.807) is 0 Å². The lowest BCUT2D eigenvalue weighted by atomic mass is 9.95. The number of rotatable bonds is 50. The fraction of sp³-hybridized carbons (Fsp3) is 0.970. The minimum atomic E-state index is -2.10. The molecule has 0 spiro atoms. The molecule has 4 rings (SSSR count). The van der Waals surface area contributed by atoms with Gasteiger partial charge in [-0.1, -0.05) is 213 Å². The van der Waals surface area contributed by atoms with Crippen molar-refractivity contribution < 1.29 is 119 Å². The molecule has 0 radical (unpaired) electrons. The van der Waals surface area contributed by atoms with Crippen molar-refractivity contribution in [2.75, 3.05) is 26.4 Å². The highest BCUT2D eigenvalue weighted by atomic mass is 16.8. The molecule has 4 heterocycles. The van der Waals surface area contributed by atoms with Crippen molar-refractivity contribution in [2.45, 2.75) is 387 Å². The Morgan fingerprint density at radius 1 is 0.430 bits per heavy atom. The first kappa shape index (κ1) is 83.5. The second-order valence-corrected chi connectivity index (χ2v) is 26.7. The summed E-state index contributed by atoms with van der Waals surface area (Å²) < 4.78 is 47.1. The monoisotopic (exact) mass is 1340 g/mol. The van der Waals surface area contributed by atoms with Crippen LogP contribution in [0.3, 0.4) is 0 Å². The van der Waals surface area contributed by atoms with Crippen LogP contribution in [0.1, 0.15) is 240 Å². The molecule has 0 aromatic heterocycles. The first-order valence-electron chi connectivity index (χ1n) is 35.8. The number of hydrogen-bond donors (Lipinski definition) is 16. The first-order chi connectivity index (χ1) is 44.7. The Balaban J connectivity index is 1.39. The molecule has 0 aromatic carbocycles. The van der Waals surface area contributed by atoms with Gasteiger partial charge in [-0.25, -0.2) is 0 Å². The van der Waals surface area contributed by atoms with Gasteiger partial charge in [0.2, 0.25) is 11.8 Å². The van der Waals surface area contributed by atoms with Crippen LogP contribution >= 0.6 is 0 Å². The van der Waals surface area contributed by atoms with Gasteiger partial charge in [0.1, 0.15) is 104 Å². The highest BCUT2D eigenvalue weighted by molar-refractivity contribution is 5.80. The summed E-state index contributed by atoms with van der Waals surface area (Å²) in [6, 6.07) is -2.93. The van der Waals surface area contributed by atoms with Crippen molar-refractivity contribution in [3.8, 4) is 0 Å². The van der Waals surface area contributed by atoms with Crippen LogP contribution in [0.5, 0.6) is 0 Å². The molecule has 16 N–H and O–H groups in total. The predicted molar refractivity (Wildman–Crippen MR) is 341 cm³/mol. The topological polar surface area (TPSA) is 415 Å². The summed E-state index contributed by atoms with van der Waals surface area (Å²) in [6.45, 7) is 3.78. The molecule has 26 nitrogen and oxygen atoms in total. The Hall–Kier alpha value is -1.94. The Morgan fingerprint density at radius 2 is 0.828 bits per heavy atom. The van der Waals surface area contributed by atoms with Gasteiger partial charge in [0.15, 0.2) is 25.2 Å². The van der Waals surface area contributed by atoms with Gasteiger partial charge in [-0.3, -0.25) is 9.59 Å². The smallest absolute Gasteiger partial charge is 0.249 e. The third-order valence-electron chi connectivity index (χ3n) is 18.8. The van der Waals surface area contributed by atoms with E-state index < -0.39 is 185 Å². The van der Waals surface area contributed by atoms with E-state index in [-0.39, 0.29) is 12.8 Å². The summed E-state index contributed by atoms with van der Waals surface area (Å²) in [4.78, 5) is 26.3. The average molecular weight is 1340 g/mol. The van der Waals surface area contributed by atoms with Crippen molar-refractivity contribution in [3.63, 3.8) is 0 Å². The summed E-state index contributed by atoms with van der Waals surface area (Å²) in [7, 11) is 0. The van der Waals surface area contributed by atoms with Crippen molar-refractivity contribution in [1.29, 1.82) is 0 Å². The van der Waals surface area contributed by atoms with Crippen LogP contribution in [0.15, 0.2) is 0 Å². The fourth-order valence-corrected chi connectivity index (χ4v) is 12.8. The van der Waals surface area contributed by atoms with E-state index in [0.717, 1.165) is 64.7 Å². The molecule has 0 bridgehead atoms. The van der Waals surface area contributed by atoms with Crippen LogP contribution in [0.4, 0.5) is 0 Å². The Bertz CT molecular complexity index is 1920. The molecule has 24 unspecified atom stereocenters. The predicted octanol–water partition coefficient (Wildman–Crippen LogP) is 2.93.